The predicted molar refractivity (Wildman–Crippen MR) is 107 cm³/mol. The summed E-state index contributed by atoms with van der Waals surface area (Å²) in [5.74, 6) is 0. The Kier molecular flexibility index (Phi) is 4.52. The van der Waals surface area contributed by atoms with Gasteiger partial charge in [0.05, 0.1) is 11.8 Å². The summed E-state index contributed by atoms with van der Waals surface area (Å²) in [7, 11) is 0. The molecular weight excluding hydrogens is 334 g/mol. The predicted octanol–water partition coefficient (Wildman–Crippen LogP) is 4.28. The molecule has 0 amide bonds. The fraction of sp³-hybridized carbons (Fsp3) is 0.348. The fourth-order valence-corrected chi connectivity index (χ4v) is 4.27. The zero-order valence-electron chi connectivity index (χ0n) is 15.5. The van der Waals surface area contributed by atoms with E-state index in [4.69, 9.17) is 4.74 Å². The highest BCUT2D eigenvalue weighted by Gasteiger charge is 2.26. The van der Waals surface area contributed by atoms with E-state index < -0.39 is 0 Å². The Morgan fingerprint density at radius 3 is 2.56 bits per heavy atom. The molecule has 138 valence electrons. The van der Waals surface area contributed by atoms with Crippen LogP contribution in [0.15, 0.2) is 54.6 Å². The van der Waals surface area contributed by atoms with Crippen LogP contribution in [-0.2, 0) is 17.7 Å². The van der Waals surface area contributed by atoms with Gasteiger partial charge >= 0.3 is 0 Å². The number of fused-ring (bicyclic) bond motifs is 1. The lowest BCUT2D eigenvalue weighted by molar-refractivity contribution is 0.0687. The highest BCUT2D eigenvalue weighted by molar-refractivity contribution is 5.70. The van der Waals surface area contributed by atoms with Crippen molar-refractivity contribution in [3.63, 3.8) is 0 Å². The molecule has 0 bridgehead atoms. The molecule has 0 saturated carbocycles. The van der Waals surface area contributed by atoms with Crippen LogP contribution in [0.3, 0.4) is 0 Å². The second-order valence-electron chi connectivity index (χ2n) is 7.59. The van der Waals surface area contributed by atoms with E-state index in [0.29, 0.717) is 6.10 Å². The number of hydrogen-bond acceptors (Lipinski definition) is 3. The van der Waals surface area contributed by atoms with Crippen LogP contribution in [0.5, 0.6) is 0 Å². The molecule has 0 spiro atoms. The summed E-state index contributed by atoms with van der Waals surface area (Å²) in [6.07, 6.45) is 3.85. The van der Waals surface area contributed by atoms with E-state index in [1.54, 1.807) is 0 Å². The Morgan fingerprint density at radius 1 is 1.00 bits per heavy atom. The van der Waals surface area contributed by atoms with Gasteiger partial charge in [-0.1, -0.05) is 54.6 Å². The minimum absolute atomic E-state index is 0.409. The van der Waals surface area contributed by atoms with Gasteiger partial charge in [-0.15, -0.1) is 0 Å². The van der Waals surface area contributed by atoms with E-state index in [1.165, 1.54) is 40.8 Å². The third kappa shape index (κ3) is 3.43. The van der Waals surface area contributed by atoms with Crippen molar-refractivity contribution in [1.29, 1.82) is 0 Å². The second-order valence-corrected chi connectivity index (χ2v) is 7.59. The molecule has 2 aliphatic rings. The maximum atomic E-state index is 5.83. The number of benzene rings is 2. The van der Waals surface area contributed by atoms with Crippen LogP contribution in [-0.4, -0.2) is 40.9 Å². The zero-order valence-corrected chi connectivity index (χ0v) is 15.5. The van der Waals surface area contributed by atoms with Crippen molar-refractivity contribution >= 4 is 0 Å². The average molecular weight is 359 g/mol. The number of rotatable bonds is 4. The van der Waals surface area contributed by atoms with Gasteiger partial charge in [-0.05, 0) is 24.0 Å². The van der Waals surface area contributed by atoms with Gasteiger partial charge in [0.25, 0.3) is 0 Å². The first-order valence-electron chi connectivity index (χ1n) is 9.93. The number of nitrogens with zero attached hydrogens (tertiary/aromatic N) is 2. The van der Waals surface area contributed by atoms with E-state index >= 15 is 0 Å². The number of hydrogen-bond donors (Lipinski definition) is 1. The van der Waals surface area contributed by atoms with Gasteiger partial charge in [0.1, 0.15) is 0 Å². The Bertz CT molecular complexity index is 895. The SMILES string of the molecule is c1ccc(-c2ccc(-c3n[nH]c4c3CN(C[C@@H]3CCCO3)CC4)cc2)cc1. The minimum atomic E-state index is 0.409. The number of aromatic amines is 1. The molecule has 1 atom stereocenters. The molecule has 2 aromatic carbocycles. The molecule has 3 aromatic rings. The first-order chi connectivity index (χ1) is 13.4. The van der Waals surface area contributed by atoms with Gasteiger partial charge in [0.15, 0.2) is 0 Å². The zero-order chi connectivity index (χ0) is 18.1. The van der Waals surface area contributed by atoms with Gasteiger partial charge < -0.3 is 4.74 Å². The molecule has 1 fully saturated rings. The van der Waals surface area contributed by atoms with E-state index in [9.17, 15) is 0 Å². The van der Waals surface area contributed by atoms with Gasteiger partial charge in [-0.25, -0.2) is 0 Å². The van der Waals surface area contributed by atoms with Crippen LogP contribution in [0.2, 0.25) is 0 Å². The van der Waals surface area contributed by atoms with Crippen molar-refractivity contribution < 1.29 is 4.74 Å². The number of H-pyrrole nitrogens is 1. The Morgan fingerprint density at radius 2 is 1.78 bits per heavy atom. The lowest BCUT2D eigenvalue weighted by Crippen LogP contribution is -2.36. The molecule has 5 rings (SSSR count). The molecule has 4 nitrogen and oxygen atoms in total. The summed E-state index contributed by atoms with van der Waals surface area (Å²) < 4.78 is 5.83. The summed E-state index contributed by atoms with van der Waals surface area (Å²) in [5.41, 5.74) is 7.42. The average Bonchev–Trinajstić information content (AvgIpc) is 3.38. The highest BCUT2D eigenvalue weighted by atomic mass is 16.5. The third-order valence-electron chi connectivity index (χ3n) is 5.76. The summed E-state index contributed by atoms with van der Waals surface area (Å²) in [6, 6.07) is 19.3. The summed E-state index contributed by atoms with van der Waals surface area (Å²) in [6.45, 7) is 4.01. The highest BCUT2D eigenvalue weighted by Crippen LogP contribution is 2.30. The largest absolute Gasteiger partial charge is 0.377 e. The Balaban J connectivity index is 1.37. The second kappa shape index (κ2) is 7.29. The van der Waals surface area contributed by atoms with Crippen molar-refractivity contribution in [2.75, 3.05) is 19.7 Å². The van der Waals surface area contributed by atoms with Crippen LogP contribution in [0.25, 0.3) is 22.4 Å². The van der Waals surface area contributed by atoms with Gasteiger partial charge in [-0.2, -0.15) is 5.10 Å². The normalized spacial score (nSPS) is 19.9. The van der Waals surface area contributed by atoms with Crippen LogP contribution in [0.1, 0.15) is 24.1 Å². The van der Waals surface area contributed by atoms with Crippen molar-refractivity contribution in [3.05, 3.63) is 65.9 Å². The van der Waals surface area contributed by atoms with Gasteiger partial charge in [-0.3, -0.25) is 10.00 Å². The topological polar surface area (TPSA) is 41.2 Å². The maximum absolute atomic E-state index is 5.83. The molecule has 1 saturated heterocycles. The third-order valence-corrected chi connectivity index (χ3v) is 5.76. The molecule has 2 aliphatic heterocycles. The smallest absolute Gasteiger partial charge is 0.0968 e. The molecule has 0 radical (unpaired) electrons. The quantitative estimate of drug-likeness (QED) is 0.756. The molecule has 0 aliphatic carbocycles. The number of aromatic nitrogens is 2. The molecular formula is C23H25N3O. The first kappa shape index (κ1) is 16.7. The molecule has 27 heavy (non-hydrogen) atoms. The van der Waals surface area contributed by atoms with Crippen molar-refractivity contribution in [2.24, 2.45) is 0 Å². The van der Waals surface area contributed by atoms with Crippen LogP contribution < -0.4 is 0 Å². The Hall–Kier alpha value is -2.43. The summed E-state index contributed by atoms with van der Waals surface area (Å²) in [4.78, 5) is 2.52. The number of ether oxygens (including phenoxy) is 1. The molecule has 1 aromatic heterocycles. The van der Waals surface area contributed by atoms with Gasteiger partial charge in [0, 0.05) is 49.5 Å². The van der Waals surface area contributed by atoms with E-state index in [2.05, 4.69) is 69.7 Å². The number of nitrogens with one attached hydrogen (secondary N) is 1. The lowest BCUT2D eigenvalue weighted by atomic mass is 9.98. The molecule has 0 unspecified atom stereocenters. The lowest BCUT2D eigenvalue weighted by Gasteiger charge is -2.29. The van der Waals surface area contributed by atoms with Crippen molar-refractivity contribution in [1.82, 2.24) is 15.1 Å². The minimum Gasteiger partial charge on any atom is -0.377 e. The van der Waals surface area contributed by atoms with Crippen LogP contribution in [0.4, 0.5) is 0 Å². The summed E-state index contributed by atoms with van der Waals surface area (Å²) >= 11 is 0. The molecule has 4 heteroatoms. The molecule has 3 heterocycles. The standard InChI is InChI=1S/C23H25N3O/c1-2-5-17(6-3-1)18-8-10-19(11-9-18)23-21-16-26(13-12-22(21)24-25-23)15-20-7-4-14-27-20/h1-3,5-6,8-11,20H,4,7,12-16H2,(H,24,25)/t20-/m0/s1. The van der Waals surface area contributed by atoms with Crippen LogP contribution in [0, 0.1) is 0 Å². The maximum Gasteiger partial charge on any atom is 0.0968 e. The fourth-order valence-electron chi connectivity index (χ4n) is 4.27. The van der Waals surface area contributed by atoms with Gasteiger partial charge in [0.2, 0.25) is 0 Å². The Labute approximate surface area is 160 Å². The van der Waals surface area contributed by atoms with E-state index in [-0.39, 0.29) is 0 Å². The summed E-state index contributed by atoms with van der Waals surface area (Å²) in [5, 5.41) is 7.93. The van der Waals surface area contributed by atoms with Crippen LogP contribution >= 0.6 is 0 Å². The monoisotopic (exact) mass is 359 g/mol. The van der Waals surface area contributed by atoms with E-state index in [0.717, 1.165) is 38.4 Å². The van der Waals surface area contributed by atoms with E-state index in [1.807, 2.05) is 0 Å². The van der Waals surface area contributed by atoms with Crippen molar-refractivity contribution in [2.45, 2.75) is 31.9 Å². The first-order valence-corrected chi connectivity index (χ1v) is 9.93. The molecule has 1 N–H and O–H groups in total. The van der Waals surface area contributed by atoms with Crippen molar-refractivity contribution in [3.8, 4) is 22.4 Å².